The number of nitrogens with zero attached hydrogens (tertiary/aromatic N) is 3. The summed E-state index contributed by atoms with van der Waals surface area (Å²) in [7, 11) is 0. The zero-order chi connectivity index (χ0) is 30.5. The van der Waals surface area contributed by atoms with Gasteiger partial charge in [-0.25, -0.2) is 9.98 Å². The Morgan fingerprint density at radius 2 is 1.46 bits per heavy atom. The number of aromatic hydroxyl groups is 1. The maximum absolute atomic E-state index is 13.4. The normalized spacial score (nSPS) is 12.7. The fourth-order valence-corrected chi connectivity index (χ4v) is 4.32. The summed E-state index contributed by atoms with van der Waals surface area (Å²) < 4.78 is 0. The number of guanidine groups is 3. The van der Waals surface area contributed by atoms with Crippen molar-refractivity contribution in [3.05, 3.63) is 64.7 Å². The van der Waals surface area contributed by atoms with Crippen LogP contribution < -0.4 is 45.0 Å². The van der Waals surface area contributed by atoms with Gasteiger partial charge in [0.25, 0.3) is 0 Å². The maximum Gasteiger partial charge on any atom is 0.245 e. The highest BCUT2D eigenvalue weighted by Gasteiger charge is 2.27. The Hall–Kier alpha value is -5.01. The Labute approximate surface area is 239 Å². The van der Waals surface area contributed by atoms with Gasteiger partial charge in [-0.05, 0) is 61.1 Å². The van der Waals surface area contributed by atoms with E-state index < -0.39 is 29.9 Å². The number of carbonyl (C=O) groups excluding carboxylic acids is 2. The number of carbonyl (C=O) groups is 2. The fraction of sp³-hybridized carbons (Fsp3) is 0.370. The number of hydrogen-bond donors (Lipinski definition) is 9. The fourth-order valence-electron chi connectivity index (χ4n) is 4.32. The smallest absolute Gasteiger partial charge is 0.245 e. The molecule has 0 saturated carbocycles. The average Bonchev–Trinajstić information content (AvgIpc) is 2.87. The van der Waals surface area contributed by atoms with Gasteiger partial charge < -0.3 is 50.1 Å². The van der Waals surface area contributed by atoms with Crippen molar-refractivity contribution in [3.8, 4) is 5.75 Å². The van der Waals surface area contributed by atoms with E-state index in [1.54, 1.807) is 26.0 Å². The number of nitrogens with two attached hydrogens (primary N) is 6. The summed E-state index contributed by atoms with van der Waals surface area (Å²) in [4.78, 5) is 39.0. The van der Waals surface area contributed by atoms with E-state index in [9.17, 15) is 14.7 Å². The van der Waals surface area contributed by atoms with Crippen LogP contribution in [0.3, 0.4) is 0 Å². The van der Waals surface area contributed by atoms with Gasteiger partial charge in [0, 0.05) is 19.5 Å². The van der Waals surface area contributed by atoms with Crippen LogP contribution in [0.15, 0.2) is 57.4 Å². The molecule has 41 heavy (non-hydrogen) atoms. The second-order valence-corrected chi connectivity index (χ2v) is 9.63. The molecule has 2 aromatic rings. The number of amides is 2. The van der Waals surface area contributed by atoms with Gasteiger partial charge in [0.1, 0.15) is 17.8 Å². The van der Waals surface area contributed by atoms with Crippen molar-refractivity contribution in [1.82, 2.24) is 10.6 Å². The summed E-state index contributed by atoms with van der Waals surface area (Å²) in [6.45, 7) is 3.79. The average molecular weight is 568 g/mol. The number of aryl methyl sites for hydroxylation is 2. The summed E-state index contributed by atoms with van der Waals surface area (Å²) in [6.07, 6.45) is 0.697. The van der Waals surface area contributed by atoms with Crippen molar-refractivity contribution >= 4 is 29.7 Å². The minimum Gasteiger partial charge on any atom is -0.508 e. The zero-order valence-electron chi connectivity index (χ0n) is 23.4. The second-order valence-electron chi connectivity index (χ2n) is 9.63. The molecule has 14 nitrogen and oxygen atoms in total. The van der Waals surface area contributed by atoms with Crippen LogP contribution >= 0.6 is 0 Å². The molecule has 222 valence electrons. The highest BCUT2D eigenvalue weighted by molar-refractivity contribution is 5.91. The van der Waals surface area contributed by atoms with E-state index in [0.29, 0.717) is 6.42 Å². The van der Waals surface area contributed by atoms with Crippen molar-refractivity contribution in [3.63, 3.8) is 0 Å². The van der Waals surface area contributed by atoms with Gasteiger partial charge >= 0.3 is 0 Å². The monoisotopic (exact) mass is 567 g/mol. The second kappa shape index (κ2) is 15.5. The SMILES string of the molecule is Cc1cc(O)cc(C)c1C[C@H](N=C(N)N)C(=O)N[C@H](CCN=C(N)N)C(=O)NC[C@H](Cc1ccccc1)N=C(N)N. The Morgan fingerprint density at radius 1 is 0.854 bits per heavy atom. The van der Waals surface area contributed by atoms with Gasteiger partial charge in [0.2, 0.25) is 11.8 Å². The summed E-state index contributed by atoms with van der Waals surface area (Å²) in [5.41, 5.74) is 36.6. The number of phenolic OH excluding ortho intramolecular Hbond substituents is 1. The molecule has 0 aliphatic carbocycles. The molecule has 0 unspecified atom stereocenters. The van der Waals surface area contributed by atoms with Gasteiger partial charge in [0.15, 0.2) is 17.9 Å². The standard InChI is InChI=1S/C27H41N11O3/c1-15-10-19(39)11-16(2)20(15)13-22(38-27(32)33)24(41)37-21(8-9-34-25(28)29)23(40)35-14-18(36-26(30)31)12-17-6-4-3-5-7-17/h3-7,10-11,18,21-22,39H,8-9,12-14H2,1-2H3,(H,35,40)(H,37,41)(H4,28,29,34)(H4,30,31,36)(H4,32,33,38)/t18-,21+,22-/m0/s1. The molecule has 0 radical (unpaired) electrons. The molecule has 0 heterocycles. The van der Waals surface area contributed by atoms with Gasteiger partial charge in [-0.3, -0.25) is 14.6 Å². The van der Waals surface area contributed by atoms with Crippen molar-refractivity contribution in [1.29, 1.82) is 0 Å². The lowest BCUT2D eigenvalue weighted by Crippen LogP contribution is -2.51. The van der Waals surface area contributed by atoms with Crippen LogP contribution in [-0.2, 0) is 22.4 Å². The van der Waals surface area contributed by atoms with Gasteiger partial charge in [-0.2, -0.15) is 0 Å². The van der Waals surface area contributed by atoms with Gasteiger partial charge in [-0.1, -0.05) is 30.3 Å². The first-order valence-corrected chi connectivity index (χ1v) is 13.0. The minimum absolute atomic E-state index is 0.0746. The van der Waals surface area contributed by atoms with Crippen molar-refractivity contribution < 1.29 is 14.7 Å². The predicted molar refractivity (Wildman–Crippen MR) is 161 cm³/mol. The number of benzene rings is 2. The molecule has 0 fully saturated rings. The highest BCUT2D eigenvalue weighted by Crippen LogP contribution is 2.23. The number of phenols is 1. The summed E-state index contributed by atoms with van der Waals surface area (Å²) >= 11 is 0. The van der Waals surface area contributed by atoms with E-state index in [-0.39, 0.29) is 49.6 Å². The van der Waals surface area contributed by atoms with Crippen LogP contribution in [-0.4, -0.2) is 66.0 Å². The first kappa shape index (κ1) is 32.2. The number of rotatable bonds is 14. The van der Waals surface area contributed by atoms with Crippen molar-refractivity contribution in [2.45, 2.75) is 51.2 Å². The van der Waals surface area contributed by atoms with E-state index in [1.807, 2.05) is 30.3 Å². The Morgan fingerprint density at radius 3 is 2.02 bits per heavy atom. The molecule has 2 amide bonds. The summed E-state index contributed by atoms with van der Waals surface area (Å²) in [6, 6.07) is 10.2. The minimum atomic E-state index is -1.05. The van der Waals surface area contributed by atoms with E-state index in [0.717, 1.165) is 22.3 Å². The first-order valence-electron chi connectivity index (χ1n) is 13.0. The Bertz CT molecular complexity index is 1240. The molecule has 3 atom stereocenters. The molecule has 15 N–H and O–H groups in total. The lowest BCUT2D eigenvalue weighted by Gasteiger charge is -2.22. The topological polar surface area (TPSA) is 272 Å². The predicted octanol–water partition coefficient (Wildman–Crippen LogP) is -1.66. The van der Waals surface area contributed by atoms with Crippen LogP contribution in [0.4, 0.5) is 0 Å². The molecular formula is C27H41N11O3. The third-order valence-corrected chi connectivity index (χ3v) is 6.19. The number of hydrogen-bond acceptors (Lipinski definition) is 6. The number of aliphatic imine (C=N–C) groups is 3. The van der Waals surface area contributed by atoms with E-state index in [4.69, 9.17) is 34.4 Å². The van der Waals surface area contributed by atoms with Crippen LogP contribution in [0, 0.1) is 13.8 Å². The van der Waals surface area contributed by atoms with E-state index >= 15 is 0 Å². The maximum atomic E-state index is 13.4. The third kappa shape index (κ3) is 11.3. The first-order chi connectivity index (χ1) is 19.3. The summed E-state index contributed by atoms with van der Waals surface area (Å²) in [5, 5.41) is 15.4. The van der Waals surface area contributed by atoms with Crippen molar-refractivity contribution in [2.75, 3.05) is 13.1 Å². The molecule has 0 bridgehead atoms. The third-order valence-electron chi connectivity index (χ3n) is 6.19. The molecule has 0 aromatic heterocycles. The largest absolute Gasteiger partial charge is 0.508 e. The van der Waals surface area contributed by atoms with Crippen LogP contribution in [0.25, 0.3) is 0 Å². The number of nitrogens with one attached hydrogen (secondary N) is 2. The van der Waals surface area contributed by atoms with Gasteiger partial charge in [0.05, 0.1) is 6.04 Å². The lowest BCUT2D eigenvalue weighted by molar-refractivity contribution is -0.129. The lowest BCUT2D eigenvalue weighted by atomic mass is 9.95. The Balaban J connectivity index is 2.24. The molecule has 0 aliphatic heterocycles. The molecule has 0 spiro atoms. The highest BCUT2D eigenvalue weighted by atomic mass is 16.3. The zero-order valence-corrected chi connectivity index (χ0v) is 23.4. The van der Waals surface area contributed by atoms with Crippen LogP contribution in [0.1, 0.15) is 28.7 Å². The van der Waals surface area contributed by atoms with Crippen LogP contribution in [0.5, 0.6) is 5.75 Å². The van der Waals surface area contributed by atoms with E-state index in [1.165, 1.54) is 0 Å². The molecule has 0 aliphatic rings. The molecule has 0 saturated heterocycles. The quantitative estimate of drug-likeness (QED) is 0.0932. The van der Waals surface area contributed by atoms with Crippen LogP contribution in [0.2, 0.25) is 0 Å². The molecular weight excluding hydrogens is 526 g/mol. The molecule has 2 rings (SSSR count). The molecule has 2 aromatic carbocycles. The Kier molecular flexibility index (Phi) is 12.2. The molecule has 14 heteroatoms. The van der Waals surface area contributed by atoms with Crippen molar-refractivity contribution in [2.24, 2.45) is 49.4 Å². The summed E-state index contributed by atoms with van der Waals surface area (Å²) in [5.74, 6) is -1.52. The van der Waals surface area contributed by atoms with E-state index in [2.05, 4.69) is 25.6 Å². The van der Waals surface area contributed by atoms with Gasteiger partial charge in [-0.15, -0.1) is 0 Å².